The average Bonchev–Trinajstić information content (AvgIpc) is 3.20. The minimum atomic E-state index is -0.120. The first-order valence-corrected chi connectivity index (χ1v) is 12.3. The van der Waals surface area contributed by atoms with Gasteiger partial charge in [0.15, 0.2) is 5.13 Å². The Bertz CT molecular complexity index is 1090. The molecule has 1 aliphatic rings. The van der Waals surface area contributed by atoms with Gasteiger partial charge in [0.25, 0.3) is 0 Å². The second kappa shape index (κ2) is 10.6. The van der Waals surface area contributed by atoms with E-state index in [2.05, 4.69) is 41.8 Å². The maximum absolute atomic E-state index is 12.8. The lowest BCUT2D eigenvalue weighted by molar-refractivity contribution is -0.121. The summed E-state index contributed by atoms with van der Waals surface area (Å²) in [7, 11) is 0. The van der Waals surface area contributed by atoms with Gasteiger partial charge in [0.05, 0.1) is 5.69 Å². The largest absolute Gasteiger partial charge is 0.324 e. The monoisotopic (exact) mass is 462 g/mol. The molecule has 0 saturated carbocycles. The molecule has 172 valence electrons. The summed E-state index contributed by atoms with van der Waals surface area (Å²) < 4.78 is 0. The number of aromatic nitrogens is 1. The van der Waals surface area contributed by atoms with E-state index in [0.717, 1.165) is 34.7 Å². The van der Waals surface area contributed by atoms with Crippen LogP contribution in [0.4, 0.5) is 15.6 Å². The van der Waals surface area contributed by atoms with Gasteiger partial charge in [-0.3, -0.25) is 4.79 Å². The number of nitrogens with zero attached hydrogens (tertiary/aromatic N) is 2. The predicted octanol–water partition coefficient (Wildman–Crippen LogP) is 5.95. The zero-order valence-electron chi connectivity index (χ0n) is 19.1. The molecule has 2 heterocycles. The van der Waals surface area contributed by atoms with Crippen LogP contribution >= 0.6 is 11.3 Å². The minimum Gasteiger partial charge on any atom is -0.324 e. The number of piperidine rings is 1. The first-order chi connectivity index (χ1) is 16.0. The summed E-state index contributed by atoms with van der Waals surface area (Å²) in [6.45, 7) is 5.33. The van der Waals surface area contributed by atoms with Gasteiger partial charge in [0, 0.05) is 35.1 Å². The Kier molecular flexibility index (Phi) is 7.40. The molecule has 0 atom stereocenters. The van der Waals surface area contributed by atoms with Crippen molar-refractivity contribution in [1.82, 2.24) is 9.88 Å². The van der Waals surface area contributed by atoms with Crippen LogP contribution in [0.3, 0.4) is 0 Å². The van der Waals surface area contributed by atoms with Crippen LogP contribution in [0, 0.1) is 12.8 Å². The molecule has 0 unspecified atom stereocenters. The molecule has 2 N–H and O–H groups in total. The fraction of sp³-hybridized carbons (Fsp3) is 0.346. The maximum Gasteiger partial charge on any atom is 0.321 e. The van der Waals surface area contributed by atoms with Crippen molar-refractivity contribution in [2.45, 2.75) is 39.5 Å². The number of carbonyl (C=O) groups is 2. The van der Waals surface area contributed by atoms with Crippen LogP contribution in [0.5, 0.6) is 0 Å². The summed E-state index contributed by atoms with van der Waals surface area (Å²) >= 11 is 1.51. The zero-order valence-corrected chi connectivity index (χ0v) is 20.0. The first kappa shape index (κ1) is 23.0. The fourth-order valence-corrected chi connectivity index (χ4v) is 4.95. The quantitative estimate of drug-likeness (QED) is 0.475. The molecular formula is C26H30N4O2S. The molecule has 4 rings (SSSR count). The number of amides is 3. The third-order valence-corrected chi connectivity index (χ3v) is 6.86. The van der Waals surface area contributed by atoms with Crippen molar-refractivity contribution in [3.8, 4) is 11.3 Å². The summed E-state index contributed by atoms with van der Waals surface area (Å²) in [5.74, 6) is -0.136. The van der Waals surface area contributed by atoms with Gasteiger partial charge in [0.2, 0.25) is 5.91 Å². The van der Waals surface area contributed by atoms with Crippen molar-refractivity contribution in [2.75, 3.05) is 23.7 Å². The molecule has 1 aromatic heterocycles. The van der Waals surface area contributed by atoms with Gasteiger partial charge < -0.3 is 15.5 Å². The van der Waals surface area contributed by atoms with E-state index in [4.69, 9.17) is 4.98 Å². The van der Waals surface area contributed by atoms with Crippen molar-refractivity contribution in [3.05, 3.63) is 65.0 Å². The Labute approximate surface area is 199 Å². The molecule has 3 amide bonds. The van der Waals surface area contributed by atoms with Gasteiger partial charge in [-0.2, -0.15) is 0 Å². The third kappa shape index (κ3) is 5.79. The summed E-state index contributed by atoms with van der Waals surface area (Å²) in [5.41, 5.74) is 4.09. The third-order valence-electron chi connectivity index (χ3n) is 5.97. The van der Waals surface area contributed by atoms with Crippen molar-refractivity contribution >= 4 is 34.1 Å². The molecule has 1 fully saturated rings. The number of hydrogen-bond donors (Lipinski definition) is 2. The van der Waals surface area contributed by atoms with E-state index in [1.165, 1.54) is 16.9 Å². The van der Waals surface area contributed by atoms with Gasteiger partial charge >= 0.3 is 6.03 Å². The molecule has 0 radical (unpaired) electrons. The number of rotatable bonds is 6. The summed E-state index contributed by atoms with van der Waals surface area (Å²) in [6, 6.07) is 17.8. The highest BCUT2D eigenvalue weighted by Crippen LogP contribution is 2.31. The van der Waals surface area contributed by atoms with Crippen LogP contribution < -0.4 is 10.6 Å². The molecule has 3 aromatic rings. The van der Waals surface area contributed by atoms with Gasteiger partial charge in [-0.25, -0.2) is 9.78 Å². The molecule has 33 heavy (non-hydrogen) atoms. The predicted molar refractivity (Wildman–Crippen MR) is 135 cm³/mol. The molecule has 2 aromatic carbocycles. The zero-order chi connectivity index (χ0) is 23.2. The van der Waals surface area contributed by atoms with Crippen LogP contribution in [0.2, 0.25) is 0 Å². The van der Waals surface area contributed by atoms with Crippen molar-refractivity contribution in [2.24, 2.45) is 5.92 Å². The van der Waals surface area contributed by atoms with Crippen molar-refractivity contribution in [3.63, 3.8) is 0 Å². The maximum atomic E-state index is 12.8. The number of hydrogen-bond acceptors (Lipinski definition) is 4. The number of thiazole rings is 1. The van der Waals surface area contributed by atoms with E-state index in [1.807, 2.05) is 37.3 Å². The van der Waals surface area contributed by atoms with Gasteiger partial charge in [-0.15, -0.1) is 11.3 Å². The Balaban J connectivity index is 1.31. The normalized spacial score (nSPS) is 14.2. The van der Waals surface area contributed by atoms with Gasteiger partial charge in [-0.05, 0) is 43.9 Å². The van der Waals surface area contributed by atoms with Crippen LogP contribution in [0.15, 0.2) is 54.6 Å². The van der Waals surface area contributed by atoms with E-state index >= 15 is 0 Å². The SMILES string of the molecule is CCCc1ccc(-c2nc(NC(=O)C3CCN(C(=O)Nc4ccccc4)CC3)sc2C)cc1. The lowest BCUT2D eigenvalue weighted by Crippen LogP contribution is -2.43. The summed E-state index contributed by atoms with van der Waals surface area (Å²) in [4.78, 5) is 32.9. The lowest BCUT2D eigenvalue weighted by Gasteiger charge is -2.31. The van der Waals surface area contributed by atoms with Gasteiger partial charge in [-0.1, -0.05) is 55.8 Å². The molecular weight excluding hydrogens is 432 g/mol. The Morgan fingerprint density at radius 3 is 2.39 bits per heavy atom. The number of para-hydroxylation sites is 1. The van der Waals surface area contributed by atoms with Crippen LogP contribution in [0.1, 0.15) is 36.6 Å². The summed E-state index contributed by atoms with van der Waals surface area (Å²) in [5, 5.41) is 6.55. The minimum absolute atomic E-state index is 0.0169. The number of anilines is 2. The number of likely N-dealkylation sites (tertiary alicyclic amines) is 1. The first-order valence-electron chi connectivity index (χ1n) is 11.5. The highest BCUT2D eigenvalue weighted by Gasteiger charge is 2.28. The van der Waals surface area contributed by atoms with Crippen molar-refractivity contribution in [1.29, 1.82) is 0 Å². The Hall–Kier alpha value is -3.19. The van der Waals surface area contributed by atoms with E-state index in [1.54, 1.807) is 4.90 Å². The van der Waals surface area contributed by atoms with Gasteiger partial charge in [0.1, 0.15) is 0 Å². The second-order valence-corrected chi connectivity index (χ2v) is 9.62. The number of nitrogens with one attached hydrogen (secondary N) is 2. The second-order valence-electron chi connectivity index (χ2n) is 8.42. The van der Waals surface area contributed by atoms with E-state index in [-0.39, 0.29) is 17.9 Å². The number of benzene rings is 2. The van der Waals surface area contributed by atoms with E-state index in [9.17, 15) is 9.59 Å². The molecule has 6 nitrogen and oxygen atoms in total. The van der Waals surface area contributed by atoms with Crippen LogP contribution in [0.25, 0.3) is 11.3 Å². The average molecular weight is 463 g/mol. The fourth-order valence-electron chi connectivity index (χ4n) is 4.11. The highest BCUT2D eigenvalue weighted by molar-refractivity contribution is 7.16. The van der Waals surface area contributed by atoms with Crippen LogP contribution in [-0.2, 0) is 11.2 Å². The van der Waals surface area contributed by atoms with E-state index < -0.39 is 0 Å². The Morgan fingerprint density at radius 2 is 1.73 bits per heavy atom. The van der Waals surface area contributed by atoms with Crippen LogP contribution in [-0.4, -0.2) is 34.9 Å². The topological polar surface area (TPSA) is 74.3 Å². The Morgan fingerprint density at radius 1 is 1.03 bits per heavy atom. The molecule has 1 aliphatic heterocycles. The lowest BCUT2D eigenvalue weighted by atomic mass is 9.96. The number of aryl methyl sites for hydroxylation is 2. The number of urea groups is 1. The standard InChI is InChI=1S/C26H30N4O2S/c1-3-7-19-10-12-20(13-11-19)23-18(2)33-25(28-23)29-24(31)21-14-16-30(17-15-21)26(32)27-22-8-5-4-6-9-22/h4-6,8-13,21H,3,7,14-17H2,1-2H3,(H,27,32)(H,28,29,31). The van der Waals surface area contributed by atoms with Crippen molar-refractivity contribution < 1.29 is 9.59 Å². The smallest absolute Gasteiger partial charge is 0.321 e. The molecule has 0 aliphatic carbocycles. The van der Waals surface area contributed by atoms with E-state index in [0.29, 0.717) is 31.1 Å². The molecule has 0 bridgehead atoms. The molecule has 1 saturated heterocycles. The number of carbonyl (C=O) groups excluding carboxylic acids is 2. The highest BCUT2D eigenvalue weighted by atomic mass is 32.1. The molecule has 0 spiro atoms. The summed E-state index contributed by atoms with van der Waals surface area (Å²) in [6.07, 6.45) is 3.49. The molecule has 7 heteroatoms.